The molecule has 4 saturated carbocycles. The average Bonchev–Trinajstić information content (AvgIpc) is 2.73. The quantitative estimate of drug-likeness (QED) is 0.733. The number of ketones is 1. The van der Waals surface area contributed by atoms with Gasteiger partial charge in [-0.15, -0.1) is 0 Å². The predicted octanol–water partition coefficient (Wildman–Crippen LogP) is 3.96. The summed E-state index contributed by atoms with van der Waals surface area (Å²) in [4.78, 5) is 12.3. The van der Waals surface area contributed by atoms with Crippen molar-refractivity contribution in [3.05, 3.63) is 0 Å². The lowest BCUT2D eigenvalue weighted by Crippen LogP contribution is -2.50. The van der Waals surface area contributed by atoms with Crippen molar-refractivity contribution >= 4 is 5.78 Å². The molecule has 7 atom stereocenters. The van der Waals surface area contributed by atoms with Gasteiger partial charge in [-0.05, 0) is 87.9 Å². The zero-order valence-electron chi connectivity index (χ0n) is 13.6. The fourth-order valence-corrected chi connectivity index (χ4v) is 6.85. The standard InChI is InChI=1S/C19H30O2/c1-18(21)9-7-13-12(11-18)3-4-15-14(13)8-10-19(2)16(15)5-6-17(19)20/h12-16,21H,3-11H2,1-2H3/t12?,13-,14+,15?,16?,18+,19?/m0/s1. The first-order chi connectivity index (χ1) is 9.91. The van der Waals surface area contributed by atoms with Gasteiger partial charge in [0.2, 0.25) is 0 Å². The Kier molecular flexibility index (Phi) is 3.10. The van der Waals surface area contributed by atoms with E-state index >= 15 is 0 Å². The molecule has 0 aliphatic heterocycles. The van der Waals surface area contributed by atoms with Crippen LogP contribution in [0.2, 0.25) is 0 Å². The lowest BCUT2D eigenvalue weighted by atomic mass is 9.50. The molecule has 0 spiro atoms. The lowest BCUT2D eigenvalue weighted by molar-refractivity contribution is -0.134. The molecule has 0 bridgehead atoms. The predicted molar refractivity (Wildman–Crippen MR) is 82.7 cm³/mol. The van der Waals surface area contributed by atoms with E-state index in [2.05, 4.69) is 6.92 Å². The van der Waals surface area contributed by atoms with Crippen LogP contribution in [0.4, 0.5) is 0 Å². The lowest BCUT2D eigenvalue weighted by Gasteiger charge is -2.55. The molecule has 0 heterocycles. The summed E-state index contributed by atoms with van der Waals surface area (Å²) in [5.41, 5.74) is -0.394. The van der Waals surface area contributed by atoms with Gasteiger partial charge in [-0.2, -0.15) is 0 Å². The van der Waals surface area contributed by atoms with Crippen molar-refractivity contribution < 1.29 is 9.90 Å². The summed E-state index contributed by atoms with van der Waals surface area (Å²) in [6.45, 7) is 4.30. The molecule has 2 nitrogen and oxygen atoms in total. The van der Waals surface area contributed by atoms with Crippen LogP contribution in [-0.2, 0) is 4.79 Å². The Labute approximate surface area is 128 Å². The van der Waals surface area contributed by atoms with Gasteiger partial charge in [0.1, 0.15) is 5.78 Å². The zero-order valence-corrected chi connectivity index (χ0v) is 13.6. The highest BCUT2D eigenvalue weighted by Gasteiger charge is 2.57. The second-order valence-corrected chi connectivity index (χ2v) is 9.09. The molecule has 21 heavy (non-hydrogen) atoms. The molecule has 0 aromatic rings. The van der Waals surface area contributed by atoms with E-state index in [0.717, 1.165) is 55.8 Å². The number of fused-ring (bicyclic) bond motifs is 5. The number of rotatable bonds is 0. The first-order valence-electron chi connectivity index (χ1n) is 9.16. The van der Waals surface area contributed by atoms with Gasteiger partial charge in [-0.3, -0.25) is 4.79 Å². The van der Waals surface area contributed by atoms with E-state index in [1.165, 1.54) is 25.7 Å². The molecule has 118 valence electrons. The summed E-state index contributed by atoms with van der Waals surface area (Å²) in [5.74, 6) is 4.47. The second kappa shape index (κ2) is 4.57. The number of Topliss-reactive ketones (excluding diaryl/α,β-unsaturated/α-hetero) is 1. The Morgan fingerprint density at radius 3 is 2.52 bits per heavy atom. The van der Waals surface area contributed by atoms with Crippen LogP contribution in [0.5, 0.6) is 0 Å². The van der Waals surface area contributed by atoms with Crippen molar-refractivity contribution in [3.8, 4) is 0 Å². The van der Waals surface area contributed by atoms with Crippen molar-refractivity contribution in [3.63, 3.8) is 0 Å². The fourth-order valence-electron chi connectivity index (χ4n) is 6.85. The molecule has 4 fully saturated rings. The van der Waals surface area contributed by atoms with E-state index in [-0.39, 0.29) is 5.41 Å². The molecule has 4 aliphatic carbocycles. The zero-order chi connectivity index (χ0) is 14.8. The fraction of sp³-hybridized carbons (Fsp3) is 0.947. The summed E-state index contributed by atoms with van der Waals surface area (Å²) in [6, 6.07) is 0. The molecule has 0 saturated heterocycles. The van der Waals surface area contributed by atoms with Crippen LogP contribution in [-0.4, -0.2) is 16.5 Å². The van der Waals surface area contributed by atoms with Crippen molar-refractivity contribution in [1.29, 1.82) is 0 Å². The molecular formula is C19H30O2. The first kappa shape index (κ1) is 14.2. The minimum atomic E-state index is -0.416. The van der Waals surface area contributed by atoms with Gasteiger partial charge >= 0.3 is 0 Å². The molecule has 0 aromatic heterocycles. The van der Waals surface area contributed by atoms with Crippen LogP contribution in [0.25, 0.3) is 0 Å². The molecule has 4 rings (SSSR count). The maximum Gasteiger partial charge on any atom is 0.139 e. The van der Waals surface area contributed by atoms with Crippen molar-refractivity contribution in [2.45, 2.75) is 77.2 Å². The second-order valence-electron chi connectivity index (χ2n) is 9.09. The first-order valence-corrected chi connectivity index (χ1v) is 9.16. The molecule has 2 heteroatoms. The van der Waals surface area contributed by atoms with Gasteiger partial charge in [-0.1, -0.05) is 6.92 Å². The molecule has 0 radical (unpaired) electrons. The van der Waals surface area contributed by atoms with Gasteiger partial charge in [0, 0.05) is 11.8 Å². The van der Waals surface area contributed by atoms with Crippen LogP contribution in [0.1, 0.15) is 71.6 Å². The van der Waals surface area contributed by atoms with E-state index < -0.39 is 5.60 Å². The van der Waals surface area contributed by atoms with Crippen molar-refractivity contribution in [2.24, 2.45) is 35.0 Å². The summed E-state index contributed by atoms with van der Waals surface area (Å²) in [6.07, 6.45) is 10.2. The van der Waals surface area contributed by atoms with Crippen LogP contribution < -0.4 is 0 Å². The minimum Gasteiger partial charge on any atom is -0.390 e. The number of hydrogen-bond donors (Lipinski definition) is 1. The third-order valence-corrected chi connectivity index (χ3v) is 7.95. The van der Waals surface area contributed by atoms with Gasteiger partial charge < -0.3 is 5.11 Å². The molecular weight excluding hydrogens is 260 g/mol. The van der Waals surface area contributed by atoms with E-state index in [1.54, 1.807) is 0 Å². The summed E-state index contributed by atoms with van der Waals surface area (Å²) >= 11 is 0. The SMILES string of the molecule is CC12CC[C@H]3C(CCC4C[C@](C)(O)CC[C@@H]43)C1CCC2=O. The smallest absolute Gasteiger partial charge is 0.139 e. The highest BCUT2D eigenvalue weighted by molar-refractivity contribution is 5.87. The normalized spacial score (nSPS) is 56.5. The Morgan fingerprint density at radius 1 is 0.952 bits per heavy atom. The summed E-state index contributed by atoms with van der Waals surface area (Å²) < 4.78 is 0. The highest BCUT2D eigenvalue weighted by atomic mass is 16.3. The van der Waals surface area contributed by atoms with E-state index in [1.807, 2.05) is 6.92 Å². The summed E-state index contributed by atoms with van der Waals surface area (Å²) in [7, 11) is 0. The maximum absolute atomic E-state index is 12.3. The van der Waals surface area contributed by atoms with Crippen molar-refractivity contribution in [2.75, 3.05) is 0 Å². The third kappa shape index (κ3) is 2.04. The molecule has 4 aliphatic rings. The van der Waals surface area contributed by atoms with Crippen LogP contribution >= 0.6 is 0 Å². The van der Waals surface area contributed by atoms with Crippen molar-refractivity contribution in [1.82, 2.24) is 0 Å². The van der Waals surface area contributed by atoms with Crippen LogP contribution in [0.15, 0.2) is 0 Å². The highest BCUT2D eigenvalue weighted by Crippen LogP contribution is 2.61. The maximum atomic E-state index is 12.3. The number of hydrogen-bond acceptors (Lipinski definition) is 2. The molecule has 0 aromatic carbocycles. The Bertz CT molecular complexity index is 454. The van der Waals surface area contributed by atoms with Crippen LogP contribution in [0.3, 0.4) is 0 Å². The van der Waals surface area contributed by atoms with Gasteiger partial charge in [0.05, 0.1) is 5.60 Å². The topological polar surface area (TPSA) is 37.3 Å². The Hall–Kier alpha value is -0.370. The summed E-state index contributed by atoms with van der Waals surface area (Å²) in [5, 5.41) is 10.4. The van der Waals surface area contributed by atoms with Crippen LogP contribution in [0, 0.1) is 35.0 Å². The van der Waals surface area contributed by atoms with Gasteiger partial charge in [-0.25, -0.2) is 0 Å². The van der Waals surface area contributed by atoms with E-state index in [9.17, 15) is 9.90 Å². The Morgan fingerprint density at radius 2 is 1.71 bits per heavy atom. The van der Waals surface area contributed by atoms with E-state index in [4.69, 9.17) is 0 Å². The Balaban J connectivity index is 1.57. The minimum absolute atomic E-state index is 0.0220. The average molecular weight is 290 g/mol. The molecule has 4 unspecified atom stereocenters. The molecule has 0 amide bonds. The van der Waals surface area contributed by atoms with Gasteiger partial charge in [0.15, 0.2) is 0 Å². The van der Waals surface area contributed by atoms with E-state index in [0.29, 0.717) is 11.7 Å². The number of carbonyl (C=O) groups is 1. The number of aliphatic hydroxyl groups is 1. The molecule has 1 N–H and O–H groups in total. The largest absolute Gasteiger partial charge is 0.390 e. The van der Waals surface area contributed by atoms with Gasteiger partial charge in [0.25, 0.3) is 0 Å². The third-order valence-electron chi connectivity index (χ3n) is 7.95. The number of carbonyl (C=O) groups excluding carboxylic acids is 1. The monoisotopic (exact) mass is 290 g/mol.